The summed E-state index contributed by atoms with van der Waals surface area (Å²) in [5, 5.41) is 5.99. The molecule has 2 saturated heterocycles. The minimum atomic E-state index is -0.00140. The van der Waals surface area contributed by atoms with E-state index in [1.54, 1.807) is 0 Å². The van der Waals surface area contributed by atoms with Crippen LogP contribution in [-0.2, 0) is 0 Å². The number of urea groups is 1. The predicted octanol–water partition coefficient (Wildman–Crippen LogP) is 3.06. The first-order valence-electron chi connectivity index (χ1n) is 10.6. The summed E-state index contributed by atoms with van der Waals surface area (Å²) in [6.07, 6.45) is 10.0. The van der Waals surface area contributed by atoms with Crippen LogP contribution in [0.15, 0.2) is 0 Å². The van der Waals surface area contributed by atoms with Crippen LogP contribution in [0.3, 0.4) is 0 Å². The molecule has 5 nitrogen and oxygen atoms in total. The Bertz CT molecular complexity index is 369. The number of hydrogen-bond donors (Lipinski definition) is 2. The Morgan fingerprint density at radius 1 is 0.880 bits per heavy atom. The smallest absolute Gasteiger partial charge is 0.314 e. The Balaban J connectivity index is 1.39. The molecule has 2 fully saturated rings. The van der Waals surface area contributed by atoms with Crippen molar-refractivity contribution in [2.24, 2.45) is 5.92 Å². The molecule has 5 heteroatoms. The largest absolute Gasteiger partial charge is 0.338 e. The van der Waals surface area contributed by atoms with E-state index in [0.717, 1.165) is 38.4 Å². The third-order valence-corrected chi connectivity index (χ3v) is 5.91. The zero-order valence-corrected chi connectivity index (χ0v) is 16.6. The SMILES string of the molecule is CC1CCN(CCCCNC(=O)NCCCN2CCCCC2C)CC1. The van der Waals surface area contributed by atoms with E-state index in [4.69, 9.17) is 0 Å². The summed E-state index contributed by atoms with van der Waals surface area (Å²) in [5.41, 5.74) is 0. The summed E-state index contributed by atoms with van der Waals surface area (Å²) in [4.78, 5) is 16.9. The summed E-state index contributed by atoms with van der Waals surface area (Å²) < 4.78 is 0. The molecule has 1 unspecified atom stereocenters. The Kier molecular flexibility index (Phi) is 9.63. The molecule has 0 aliphatic carbocycles. The van der Waals surface area contributed by atoms with Gasteiger partial charge in [0.15, 0.2) is 0 Å². The fraction of sp³-hybridized carbons (Fsp3) is 0.950. The van der Waals surface area contributed by atoms with Gasteiger partial charge in [-0.1, -0.05) is 13.3 Å². The van der Waals surface area contributed by atoms with Gasteiger partial charge in [-0.05, 0) is 84.0 Å². The highest BCUT2D eigenvalue weighted by molar-refractivity contribution is 5.73. The van der Waals surface area contributed by atoms with Gasteiger partial charge in [0.2, 0.25) is 0 Å². The van der Waals surface area contributed by atoms with Crippen LogP contribution in [-0.4, -0.2) is 67.7 Å². The molecule has 1 atom stereocenters. The molecule has 0 aromatic carbocycles. The van der Waals surface area contributed by atoms with Crippen molar-refractivity contribution >= 4 is 6.03 Å². The lowest BCUT2D eigenvalue weighted by Crippen LogP contribution is -2.41. The zero-order chi connectivity index (χ0) is 17.9. The Morgan fingerprint density at radius 2 is 1.60 bits per heavy atom. The number of likely N-dealkylation sites (tertiary alicyclic amines) is 2. The molecule has 0 aromatic heterocycles. The van der Waals surface area contributed by atoms with E-state index in [1.165, 1.54) is 64.7 Å². The van der Waals surface area contributed by atoms with Crippen LogP contribution in [0.4, 0.5) is 4.79 Å². The fourth-order valence-electron chi connectivity index (χ4n) is 3.98. The average Bonchev–Trinajstić information content (AvgIpc) is 2.61. The molecule has 0 spiro atoms. The molecule has 2 aliphatic rings. The molecular formula is C20H40N4O. The molecule has 0 saturated carbocycles. The number of hydrogen-bond acceptors (Lipinski definition) is 3. The van der Waals surface area contributed by atoms with Crippen LogP contribution in [0.5, 0.6) is 0 Å². The standard InChI is InChI=1S/C20H40N4O/c1-18-9-16-23(17-10-18)13-6-4-11-21-20(25)22-12-7-15-24-14-5-3-8-19(24)2/h18-19H,3-17H2,1-2H3,(H2,21,22,25). The molecule has 2 aliphatic heterocycles. The normalized spacial score (nSPS) is 23.5. The van der Waals surface area contributed by atoms with Crippen molar-refractivity contribution in [3.8, 4) is 0 Å². The number of carbonyl (C=O) groups is 1. The van der Waals surface area contributed by atoms with Crippen LogP contribution in [0.1, 0.15) is 65.2 Å². The number of nitrogens with one attached hydrogen (secondary N) is 2. The number of nitrogens with zero attached hydrogens (tertiary/aromatic N) is 2. The molecule has 2 rings (SSSR count). The molecule has 0 aromatic rings. The van der Waals surface area contributed by atoms with Crippen molar-refractivity contribution in [1.82, 2.24) is 20.4 Å². The van der Waals surface area contributed by atoms with Gasteiger partial charge in [0, 0.05) is 25.7 Å². The first-order chi connectivity index (χ1) is 12.1. The Labute approximate surface area is 154 Å². The monoisotopic (exact) mass is 352 g/mol. The maximum atomic E-state index is 11.8. The van der Waals surface area contributed by atoms with Gasteiger partial charge >= 0.3 is 6.03 Å². The van der Waals surface area contributed by atoms with Gasteiger partial charge < -0.3 is 20.4 Å². The van der Waals surface area contributed by atoms with Crippen LogP contribution >= 0.6 is 0 Å². The molecule has 0 radical (unpaired) electrons. The summed E-state index contributed by atoms with van der Waals surface area (Å²) in [6, 6.07) is 0.712. The van der Waals surface area contributed by atoms with Crippen LogP contribution in [0, 0.1) is 5.92 Å². The van der Waals surface area contributed by atoms with E-state index in [-0.39, 0.29) is 6.03 Å². The molecule has 2 amide bonds. The van der Waals surface area contributed by atoms with Crippen molar-refractivity contribution in [2.45, 2.75) is 71.3 Å². The summed E-state index contributed by atoms with van der Waals surface area (Å²) in [5.74, 6) is 0.903. The van der Waals surface area contributed by atoms with Gasteiger partial charge in [-0.25, -0.2) is 4.79 Å². The van der Waals surface area contributed by atoms with Gasteiger partial charge in [-0.2, -0.15) is 0 Å². The van der Waals surface area contributed by atoms with E-state index in [0.29, 0.717) is 6.04 Å². The van der Waals surface area contributed by atoms with E-state index in [9.17, 15) is 4.79 Å². The Morgan fingerprint density at radius 3 is 2.32 bits per heavy atom. The van der Waals surface area contributed by atoms with Crippen molar-refractivity contribution in [1.29, 1.82) is 0 Å². The van der Waals surface area contributed by atoms with Crippen molar-refractivity contribution < 1.29 is 4.79 Å². The topological polar surface area (TPSA) is 47.6 Å². The summed E-state index contributed by atoms with van der Waals surface area (Å²) >= 11 is 0. The number of piperidine rings is 2. The maximum Gasteiger partial charge on any atom is 0.314 e. The molecule has 146 valence electrons. The van der Waals surface area contributed by atoms with E-state index in [2.05, 4.69) is 34.3 Å². The third-order valence-electron chi connectivity index (χ3n) is 5.91. The van der Waals surface area contributed by atoms with Crippen molar-refractivity contribution in [3.05, 3.63) is 0 Å². The second-order valence-corrected chi connectivity index (χ2v) is 8.15. The maximum absolute atomic E-state index is 11.8. The molecule has 2 heterocycles. The van der Waals surface area contributed by atoms with Crippen molar-refractivity contribution in [3.63, 3.8) is 0 Å². The van der Waals surface area contributed by atoms with Gasteiger partial charge in [0.05, 0.1) is 0 Å². The summed E-state index contributed by atoms with van der Waals surface area (Å²) in [7, 11) is 0. The molecular weight excluding hydrogens is 312 g/mol. The van der Waals surface area contributed by atoms with E-state index >= 15 is 0 Å². The quantitative estimate of drug-likeness (QED) is 0.627. The number of rotatable bonds is 9. The van der Waals surface area contributed by atoms with Gasteiger partial charge in [0.25, 0.3) is 0 Å². The highest BCUT2D eigenvalue weighted by Crippen LogP contribution is 2.16. The molecule has 2 N–H and O–H groups in total. The number of unbranched alkanes of at least 4 members (excludes halogenated alkanes) is 1. The highest BCUT2D eigenvalue weighted by atomic mass is 16.2. The second-order valence-electron chi connectivity index (χ2n) is 8.15. The van der Waals surface area contributed by atoms with Gasteiger partial charge in [0.1, 0.15) is 0 Å². The van der Waals surface area contributed by atoms with Crippen LogP contribution in [0.25, 0.3) is 0 Å². The number of amides is 2. The highest BCUT2D eigenvalue weighted by Gasteiger charge is 2.17. The lowest BCUT2D eigenvalue weighted by molar-refractivity contribution is 0.159. The minimum Gasteiger partial charge on any atom is -0.338 e. The molecule has 25 heavy (non-hydrogen) atoms. The average molecular weight is 353 g/mol. The first kappa shape index (κ1) is 20.5. The second kappa shape index (κ2) is 11.7. The van der Waals surface area contributed by atoms with Crippen LogP contribution < -0.4 is 10.6 Å². The minimum absolute atomic E-state index is 0.00140. The van der Waals surface area contributed by atoms with E-state index in [1.807, 2.05) is 0 Å². The lowest BCUT2D eigenvalue weighted by atomic mass is 9.99. The third kappa shape index (κ3) is 8.41. The molecule has 0 bridgehead atoms. The number of carbonyl (C=O) groups excluding carboxylic acids is 1. The van der Waals surface area contributed by atoms with Gasteiger partial charge in [-0.3, -0.25) is 0 Å². The lowest BCUT2D eigenvalue weighted by Gasteiger charge is -2.33. The van der Waals surface area contributed by atoms with E-state index < -0.39 is 0 Å². The zero-order valence-electron chi connectivity index (χ0n) is 16.6. The first-order valence-corrected chi connectivity index (χ1v) is 10.6. The van der Waals surface area contributed by atoms with Crippen molar-refractivity contribution in [2.75, 3.05) is 45.8 Å². The van der Waals surface area contributed by atoms with Gasteiger partial charge in [-0.15, -0.1) is 0 Å². The predicted molar refractivity (Wildman–Crippen MR) is 105 cm³/mol. The summed E-state index contributed by atoms with van der Waals surface area (Å²) in [6.45, 7) is 12.3. The Hall–Kier alpha value is -0.810. The fourth-order valence-corrected chi connectivity index (χ4v) is 3.98. The van der Waals surface area contributed by atoms with Crippen LogP contribution in [0.2, 0.25) is 0 Å².